The first-order valence-electron chi connectivity index (χ1n) is 10.8. The Hall–Kier alpha value is -3.46. The molecule has 0 saturated carbocycles. The van der Waals surface area contributed by atoms with Crippen molar-refractivity contribution < 1.29 is 14.3 Å². The van der Waals surface area contributed by atoms with Gasteiger partial charge in [-0.05, 0) is 30.0 Å². The number of rotatable bonds is 4. The Morgan fingerprint density at radius 2 is 2.12 bits per heavy atom. The molecular formula is C23H23N5O4. The van der Waals surface area contributed by atoms with Crippen molar-refractivity contribution in [1.29, 1.82) is 0 Å². The van der Waals surface area contributed by atoms with Gasteiger partial charge in [0.15, 0.2) is 5.65 Å². The van der Waals surface area contributed by atoms with Gasteiger partial charge < -0.3 is 15.0 Å². The number of hydrogen-bond acceptors (Lipinski definition) is 5. The standard InChI is InChI=1S/C23H23N5O4/c1-13-11-14-5-3-4-6-15(14)28-19(13)25-27(22(28)31)10-9-24-20(29)17-16-7-8-23(32-16)12-26(2)21(30)18(17)23/h3-8,11,16-18H,9-10,12H2,1-2H3,(H,24,29)/t16-,17+,18-,23+/m1/s1. The Labute approximate surface area is 183 Å². The van der Waals surface area contributed by atoms with Crippen molar-refractivity contribution in [2.45, 2.75) is 25.2 Å². The summed E-state index contributed by atoms with van der Waals surface area (Å²) in [6, 6.07) is 9.69. The SMILES string of the molecule is Cc1cc2ccccc2n2c(=O)n(CCNC(=O)[C@H]3[C@H]4C=C[C@@]5(CN(C)C(=O)[C@@H]35)O4)nc12. The monoisotopic (exact) mass is 433 g/mol. The number of ether oxygens (including phenoxy) is 1. The van der Waals surface area contributed by atoms with Crippen LogP contribution in [0.25, 0.3) is 16.6 Å². The highest BCUT2D eigenvalue weighted by Gasteiger charge is 2.66. The van der Waals surface area contributed by atoms with Crippen LogP contribution in [0.4, 0.5) is 0 Å². The van der Waals surface area contributed by atoms with Crippen molar-refractivity contribution in [3.8, 4) is 0 Å². The van der Waals surface area contributed by atoms with Crippen LogP contribution in [-0.4, -0.2) is 62.7 Å². The minimum absolute atomic E-state index is 0.0593. The van der Waals surface area contributed by atoms with E-state index in [2.05, 4.69) is 10.4 Å². The first-order valence-corrected chi connectivity index (χ1v) is 10.8. The number of nitrogens with one attached hydrogen (secondary N) is 1. The van der Waals surface area contributed by atoms with Crippen molar-refractivity contribution >= 4 is 28.4 Å². The fourth-order valence-corrected chi connectivity index (χ4v) is 5.53. The molecule has 2 fully saturated rings. The van der Waals surface area contributed by atoms with Crippen LogP contribution in [0.5, 0.6) is 0 Å². The van der Waals surface area contributed by atoms with Gasteiger partial charge in [-0.15, -0.1) is 5.10 Å². The van der Waals surface area contributed by atoms with Gasteiger partial charge in [0.25, 0.3) is 0 Å². The predicted octanol–water partition coefficient (Wildman–Crippen LogP) is 0.486. The molecule has 9 heteroatoms. The highest BCUT2D eigenvalue weighted by atomic mass is 16.5. The highest BCUT2D eigenvalue weighted by molar-refractivity contribution is 5.92. The summed E-state index contributed by atoms with van der Waals surface area (Å²) in [7, 11) is 1.73. The molecule has 3 aliphatic heterocycles. The van der Waals surface area contributed by atoms with Crippen LogP contribution < -0.4 is 11.0 Å². The maximum absolute atomic E-state index is 13.0. The van der Waals surface area contributed by atoms with Crippen molar-refractivity contribution in [3.63, 3.8) is 0 Å². The molecule has 9 nitrogen and oxygen atoms in total. The van der Waals surface area contributed by atoms with Crippen LogP contribution in [0.3, 0.4) is 0 Å². The number of pyridine rings is 1. The number of aromatic nitrogens is 3. The summed E-state index contributed by atoms with van der Waals surface area (Å²) in [6.07, 6.45) is 3.42. The molecule has 3 aliphatic rings. The number of aryl methyl sites for hydroxylation is 1. The second-order valence-corrected chi connectivity index (χ2v) is 8.94. The van der Waals surface area contributed by atoms with E-state index in [1.54, 1.807) is 16.3 Å². The molecule has 0 aliphatic carbocycles. The molecule has 2 saturated heterocycles. The van der Waals surface area contributed by atoms with Gasteiger partial charge >= 0.3 is 5.69 Å². The Morgan fingerprint density at radius 3 is 2.97 bits per heavy atom. The molecule has 3 aromatic rings. The molecule has 32 heavy (non-hydrogen) atoms. The molecule has 2 bridgehead atoms. The third-order valence-corrected chi connectivity index (χ3v) is 6.96. The summed E-state index contributed by atoms with van der Waals surface area (Å²) < 4.78 is 9.02. The normalized spacial score (nSPS) is 28.2. The molecule has 2 aromatic heterocycles. The van der Waals surface area contributed by atoms with Crippen LogP contribution in [0.1, 0.15) is 5.56 Å². The molecule has 5 heterocycles. The Bertz CT molecular complexity index is 1390. The van der Waals surface area contributed by atoms with E-state index in [0.29, 0.717) is 12.2 Å². The lowest BCUT2D eigenvalue weighted by atomic mass is 9.77. The average Bonchev–Trinajstić information content (AvgIpc) is 3.48. The number of likely N-dealkylation sites (N-methyl/N-ethyl adjacent to an activating group) is 1. The number of carbonyl (C=O) groups is 2. The van der Waals surface area contributed by atoms with Crippen LogP contribution in [0, 0.1) is 18.8 Å². The van der Waals surface area contributed by atoms with E-state index in [-0.39, 0.29) is 36.7 Å². The zero-order chi connectivity index (χ0) is 22.2. The van der Waals surface area contributed by atoms with E-state index >= 15 is 0 Å². The second kappa shape index (κ2) is 6.52. The number of amides is 2. The van der Waals surface area contributed by atoms with Gasteiger partial charge in [-0.3, -0.25) is 9.59 Å². The molecule has 0 unspecified atom stereocenters. The number of para-hydroxylation sites is 1. The lowest BCUT2D eigenvalue weighted by Crippen LogP contribution is -2.45. The minimum atomic E-state index is -0.685. The zero-order valence-corrected chi connectivity index (χ0v) is 17.8. The number of fused-ring (bicyclic) bond motifs is 4. The predicted molar refractivity (Wildman–Crippen MR) is 116 cm³/mol. The molecule has 2 amide bonds. The van der Waals surface area contributed by atoms with E-state index < -0.39 is 17.4 Å². The lowest BCUT2D eigenvalue weighted by Gasteiger charge is -2.23. The molecule has 1 aromatic carbocycles. The average molecular weight is 433 g/mol. The molecule has 6 rings (SSSR count). The van der Waals surface area contributed by atoms with Gasteiger partial charge in [0.05, 0.1) is 36.5 Å². The minimum Gasteiger partial charge on any atom is -0.360 e. The Balaban J connectivity index is 1.22. The number of nitrogens with zero attached hydrogens (tertiary/aromatic N) is 4. The number of carbonyl (C=O) groups excluding carboxylic acids is 2. The first kappa shape index (κ1) is 19.2. The Kier molecular flexibility index (Phi) is 3.92. The third-order valence-electron chi connectivity index (χ3n) is 6.96. The molecule has 4 atom stereocenters. The molecular weight excluding hydrogens is 410 g/mol. The van der Waals surface area contributed by atoms with E-state index in [0.717, 1.165) is 16.5 Å². The van der Waals surface area contributed by atoms with Crippen LogP contribution >= 0.6 is 0 Å². The summed E-state index contributed by atoms with van der Waals surface area (Å²) in [5, 5.41) is 8.35. The number of benzene rings is 1. The van der Waals surface area contributed by atoms with E-state index in [9.17, 15) is 14.4 Å². The van der Waals surface area contributed by atoms with Crippen LogP contribution in [0.15, 0.2) is 47.3 Å². The van der Waals surface area contributed by atoms with Gasteiger partial charge in [-0.2, -0.15) is 0 Å². The maximum Gasteiger partial charge on any atom is 0.350 e. The van der Waals surface area contributed by atoms with Gasteiger partial charge in [0.1, 0.15) is 5.60 Å². The molecule has 0 radical (unpaired) electrons. The molecule has 164 valence electrons. The van der Waals surface area contributed by atoms with Crippen LogP contribution in [-0.2, 0) is 20.9 Å². The molecule has 1 N–H and O–H groups in total. The smallest absolute Gasteiger partial charge is 0.350 e. The van der Waals surface area contributed by atoms with Gasteiger partial charge in [-0.25, -0.2) is 13.9 Å². The fraction of sp³-hybridized carbons (Fsp3) is 0.391. The first-order chi connectivity index (χ1) is 15.4. The summed E-state index contributed by atoms with van der Waals surface area (Å²) in [4.78, 5) is 40.3. The summed E-state index contributed by atoms with van der Waals surface area (Å²) >= 11 is 0. The van der Waals surface area contributed by atoms with Gasteiger partial charge in [0.2, 0.25) is 11.8 Å². The lowest BCUT2D eigenvalue weighted by molar-refractivity contribution is -0.136. The van der Waals surface area contributed by atoms with Crippen molar-refractivity contribution in [2.75, 3.05) is 20.1 Å². The highest BCUT2D eigenvalue weighted by Crippen LogP contribution is 2.51. The second-order valence-electron chi connectivity index (χ2n) is 8.94. The zero-order valence-electron chi connectivity index (χ0n) is 17.8. The maximum atomic E-state index is 13.0. The van der Waals surface area contributed by atoms with Crippen molar-refractivity contribution in [2.24, 2.45) is 11.8 Å². The van der Waals surface area contributed by atoms with Crippen LogP contribution in [0.2, 0.25) is 0 Å². The summed E-state index contributed by atoms with van der Waals surface area (Å²) in [6.45, 7) is 2.86. The van der Waals surface area contributed by atoms with Gasteiger partial charge in [-0.1, -0.05) is 30.4 Å². The quantitative estimate of drug-likeness (QED) is 0.604. The van der Waals surface area contributed by atoms with Gasteiger partial charge in [0, 0.05) is 13.6 Å². The number of likely N-dealkylation sites (tertiary alicyclic amines) is 1. The number of hydrogen-bond donors (Lipinski definition) is 1. The Morgan fingerprint density at radius 1 is 1.31 bits per heavy atom. The van der Waals surface area contributed by atoms with E-state index in [4.69, 9.17) is 4.74 Å². The van der Waals surface area contributed by atoms with Crippen molar-refractivity contribution in [3.05, 3.63) is 58.5 Å². The molecule has 1 spiro atoms. The summed E-state index contributed by atoms with van der Waals surface area (Å²) in [5.41, 5.74) is 1.38. The fourth-order valence-electron chi connectivity index (χ4n) is 5.53. The van der Waals surface area contributed by atoms with E-state index in [1.807, 2.05) is 49.4 Å². The third kappa shape index (κ3) is 2.48. The van der Waals surface area contributed by atoms with Crippen molar-refractivity contribution in [1.82, 2.24) is 24.4 Å². The largest absolute Gasteiger partial charge is 0.360 e. The summed E-state index contributed by atoms with van der Waals surface area (Å²) in [5.74, 6) is -1.33. The topological polar surface area (TPSA) is 97.9 Å². The van der Waals surface area contributed by atoms with E-state index in [1.165, 1.54) is 4.68 Å².